The fourth-order valence-corrected chi connectivity index (χ4v) is 2.41. The first-order valence-electron chi connectivity index (χ1n) is 8.82. The van der Waals surface area contributed by atoms with E-state index in [1.807, 2.05) is 0 Å². The molecule has 0 unspecified atom stereocenters. The first-order chi connectivity index (χ1) is 13.6. The lowest BCUT2D eigenvalue weighted by atomic mass is 10.2. The molecule has 3 N–H and O–H groups in total. The van der Waals surface area contributed by atoms with Gasteiger partial charge in [0, 0.05) is 17.2 Å². The minimum Gasteiger partial charge on any atom is -0.493 e. The van der Waals surface area contributed by atoms with Gasteiger partial charge < -0.3 is 14.8 Å². The summed E-state index contributed by atoms with van der Waals surface area (Å²) in [6.45, 7) is -0.285. The Balaban J connectivity index is 1.44. The van der Waals surface area contributed by atoms with Crippen LogP contribution in [0, 0.1) is 5.92 Å². The molecule has 1 aliphatic carbocycles. The third kappa shape index (κ3) is 5.23. The van der Waals surface area contributed by atoms with Crippen LogP contribution >= 0.6 is 0 Å². The maximum atomic E-state index is 12.1. The number of carbonyl (C=O) groups excluding carboxylic acids is 3. The molecule has 0 bridgehead atoms. The third-order valence-corrected chi connectivity index (χ3v) is 4.11. The molecule has 2 aromatic rings. The van der Waals surface area contributed by atoms with Crippen molar-refractivity contribution < 1.29 is 23.9 Å². The van der Waals surface area contributed by atoms with E-state index in [2.05, 4.69) is 16.2 Å². The number of hydrazine groups is 1. The van der Waals surface area contributed by atoms with Crippen LogP contribution in [0.1, 0.15) is 23.2 Å². The minimum atomic E-state index is -0.521. The molecule has 3 rings (SSSR count). The monoisotopic (exact) mass is 383 g/mol. The van der Waals surface area contributed by atoms with E-state index in [1.165, 1.54) is 7.11 Å². The van der Waals surface area contributed by atoms with Crippen molar-refractivity contribution >= 4 is 23.4 Å². The molecule has 2 aromatic carbocycles. The van der Waals surface area contributed by atoms with Crippen molar-refractivity contribution in [3.63, 3.8) is 0 Å². The molecular weight excluding hydrogens is 362 g/mol. The highest BCUT2D eigenvalue weighted by Gasteiger charge is 2.29. The molecule has 1 aliphatic rings. The van der Waals surface area contributed by atoms with E-state index in [0.717, 1.165) is 12.8 Å². The molecule has 8 nitrogen and oxygen atoms in total. The third-order valence-electron chi connectivity index (χ3n) is 4.11. The molecule has 28 heavy (non-hydrogen) atoms. The molecule has 0 aromatic heterocycles. The highest BCUT2D eigenvalue weighted by atomic mass is 16.5. The largest absolute Gasteiger partial charge is 0.493 e. The van der Waals surface area contributed by atoms with E-state index < -0.39 is 11.8 Å². The van der Waals surface area contributed by atoms with Crippen molar-refractivity contribution in [2.75, 3.05) is 19.0 Å². The predicted octanol–water partition coefficient (Wildman–Crippen LogP) is 1.88. The van der Waals surface area contributed by atoms with Gasteiger partial charge in [-0.25, -0.2) is 0 Å². The summed E-state index contributed by atoms with van der Waals surface area (Å²) in [5.74, 6) is 0.0394. The number of nitrogens with one attached hydrogen (secondary N) is 3. The van der Waals surface area contributed by atoms with Crippen LogP contribution in [0.4, 0.5) is 5.69 Å². The lowest BCUT2D eigenvalue weighted by Gasteiger charge is -2.11. The van der Waals surface area contributed by atoms with Gasteiger partial charge >= 0.3 is 0 Å². The van der Waals surface area contributed by atoms with Gasteiger partial charge in [0.05, 0.1) is 7.11 Å². The van der Waals surface area contributed by atoms with Gasteiger partial charge in [0.1, 0.15) is 0 Å². The molecule has 0 atom stereocenters. The number of rotatable bonds is 7. The van der Waals surface area contributed by atoms with Crippen molar-refractivity contribution in [3.05, 3.63) is 54.1 Å². The van der Waals surface area contributed by atoms with Crippen LogP contribution in [-0.4, -0.2) is 31.4 Å². The average Bonchev–Trinajstić information content (AvgIpc) is 3.56. The van der Waals surface area contributed by atoms with Gasteiger partial charge in [-0.05, 0) is 49.2 Å². The topological polar surface area (TPSA) is 106 Å². The van der Waals surface area contributed by atoms with Gasteiger partial charge in [0.2, 0.25) is 5.91 Å². The molecule has 1 fully saturated rings. The standard InChI is InChI=1S/C20H21N3O5/c1-27-16-4-2-3-5-17(16)28-12-18(24)22-23-20(26)14-8-10-15(11-9-14)21-19(25)13-6-7-13/h2-5,8-11,13H,6-7,12H2,1H3,(H,21,25)(H,22,24)(H,23,26). The van der Waals surface area contributed by atoms with Crippen LogP contribution in [0.2, 0.25) is 0 Å². The van der Waals surface area contributed by atoms with Gasteiger partial charge in [0.15, 0.2) is 18.1 Å². The summed E-state index contributed by atoms with van der Waals surface area (Å²) in [4.78, 5) is 35.7. The normalized spacial score (nSPS) is 12.6. The van der Waals surface area contributed by atoms with Crippen molar-refractivity contribution in [2.24, 2.45) is 5.92 Å². The second-order valence-corrected chi connectivity index (χ2v) is 6.28. The van der Waals surface area contributed by atoms with Crippen molar-refractivity contribution in [1.29, 1.82) is 0 Å². The number of ether oxygens (including phenoxy) is 2. The van der Waals surface area contributed by atoms with Crippen LogP contribution in [0.25, 0.3) is 0 Å². The second kappa shape index (κ2) is 8.90. The number of carbonyl (C=O) groups is 3. The Hall–Kier alpha value is -3.55. The maximum absolute atomic E-state index is 12.1. The average molecular weight is 383 g/mol. The van der Waals surface area contributed by atoms with Crippen LogP contribution < -0.4 is 25.6 Å². The Labute approximate surface area is 162 Å². The summed E-state index contributed by atoms with van der Waals surface area (Å²) in [5.41, 5.74) is 5.57. The summed E-state index contributed by atoms with van der Waals surface area (Å²) in [6.07, 6.45) is 1.85. The fraction of sp³-hybridized carbons (Fsp3) is 0.250. The first kappa shape index (κ1) is 19.2. The van der Waals surface area contributed by atoms with E-state index in [-0.39, 0.29) is 18.4 Å². The molecular formula is C20H21N3O5. The summed E-state index contributed by atoms with van der Waals surface area (Å²) < 4.78 is 10.5. The number of hydrogen-bond acceptors (Lipinski definition) is 5. The predicted molar refractivity (Wildman–Crippen MR) is 102 cm³/mol. The van der Waals surface area contributed by atoms with Crippen molar-refractivity contribution in [3.8, 4) is 11.5 Å². The summed E-state index contributed by atoms with van der Waals surface area (Å²) in [5, 5.41) is 2.79. The van der Waals surface area contributed by atoms with Crippen LogP contribution in [0.15, 0.2) is 48.5 Å². The zero-order valence-electron chi connectivity index (χ0n) is 15.4. The van der Waals surface area contributed by atoms with Gasteiger partial charge in [-0.2, -0.15) is 0 Å². The lowest BCUT2D eigenvalue weighted by Crippen LogP contribution is -2.43. The lowest BCUT2D eigenvalue weighted by molar-refractivity contribution is -0.123. The fourth-order valence-electron chi connectivity index (χ4n) is 2.41. The molecule has 1 saturated carbocycles. The highest BCUT2D eigenvalue weighted by molar-refractivity contribution is 5.97. The number of amides is 3. The summed E-state index contributed by atoms with van der Waals surface area (Å²) in [6, 6.07) is 13.3. The minimum absolute atomic E-state index is 0.000452. The number of hydrogen-bond donors (Lipinski definition) is 3. The van der Waals surface area contributed by atoms with Gasteiger partial charge in [-0.3, -0.25) is 25.2 Å². The second-order valence-electron chi connectivity index (χ2n) is 6.28. The zero-order chi connectivity index (χ0) is 19.9. The Bertz CT molecular complexity index is 862. The molecule has 0 heterocycles. The van der Waals surface area contributed by atoms with Crippen molar-refractivity contribution in [2.45, 2.75) is 12.8 Å². The quantitative estimate of drug-likeness (QED) is 0.633. The molecule has 0 radical (unpaired) electrons. The van der Waals surface area contributed by atoms with Gasteiger partial charge in [0.25, 0.3) is 11.8 Å². The Morgan fingerprint density at radius 1 is 0.964 bits per heavy atom. The van der Waals surface area contributed by atoms with Crippen LogP contribution in [0.3, 0.4) is 0 Å². The Kier molecular flexibility index (Phi) is 6.11. The smallest absolute Gasteiger partial charge is 0.276 e. The van der Waals surface area contributed by atoms with Crippen LogP contribution in [0.5, 0.6) is 11.5 Å². The Morgan fingerprint density at radius 3 is 2.29 bits per heavy atom. The Morgan fingerprint density at radius 2 is 1.64 bits per heavy atom. The molecule has 0 spiro atoms. The van der Waals surface area contributed by atoms with Gasteiger partial charge in [-0.15, -0.1) is 0 Å². The molecule has 0 aliphatic heterocycles. The molecule has 146 valence electrons. The van der Waals surface area contributed by atoms with E-state index in [1.54, 1.807) is 48.5 Å². The van der Waals surface area contributed by atoms with Gasteiger partial charge in [-0.1, -0.05) is 12.1 Å². The highest BCUT2D eigenvalue weighted by Crippen LogP contribution is 2.30. The zero-order valence-corrected chi connectivity index (χ0v) is 15.4. The van der Waals surface area contributed by atoms with E-state index in [0.29, 0.717) is 22.7 Å². The number of anilines is 1. The summed E-state index contributed by atoms with van der Waals surface area (Å²) >= 11 is 0. The summed E-state index contributed by atoms with van der Waals surface area (Å²) in [7, 11) is 1.51. The van der Waals surface area contributed by atoms with E-state index in [4.69, 9.17) is 9.47 Å². The maximum Gasteiger partial charge on any atom is 0.276 e. The van der Waals surface area contributed by atoms with Crippen molar-refractivity contribution in [1.82, 2.24) is 10.9 Å². The molecule has 3 amide bonds. The van der Waals surface area contributed by atoms with E-state index >= 15 is 0 Å². The molecule has 0 saturated heterocycles. The number of methoxy groups -OCH3 is 1. The van der Waals surface area contributed by atoms with E-state index in [9.17, 15) is 14.4 Å². The number of para-hydroxylation sites is 2. The molecule has 8 heteroatoms. The first-order valence-corrected chi connectivity index (χ1v) is 8.82. The number of benzene rings is 2. The SMILES string of the molecule is COc1ccccc1OCC(=O)NNC(=O)c1ccc(NC(=O)C2CC2)cc1. The van der Waals surface area contributed by atoms with Crippen LogP contribution in [-0.2, 0) is 9.59 Å².